The normalized spacial score (nSPS) is 10.7. The molecule has 0 bridgehead atoms. The third-order valence-electron chi connectivity index (χ3n) is 3.38. The molecule has 0 radical (unpaired) electrons. The van der Waals surface area contributed by atoms with E-state index in [1.165, 1.54) is 6.26 Å². The van der Waals surface area contributed by atoms with Crippen molar-refractivity contribution in [2.75, 3.05) is 6.54 Å². The highest BCUT2D eigenvalue weighted by atomic mass is 16.3. The first-order valence-corrected chi connectivity index (χ1v) is 6.76. The van der Waals surface area contributed by atoms with Crippen LogP contribution in [-0.4, -0.2) is 17.6 Å². The van der Waals surface area contributed by atoms with Crippen LogP contribution in [0.15, 0.2) is 59.2 Å². The maximum Gasteiger partial charge on any atom is 0.286 e. The predicted octanol–water partition coefficient (Wildman–Crippen LogP) is 3.11. The Bertz CT molecular complexity index is 763. The zero-order valence-electron chi connectivity index (χ0n) is 11.4. The van der Waals surface area contributed by atoms with Crippen molar-refractivity contribution in [3.05, 3.63) is 66.1 Å². The Morgan fingerprint density at radius 2 is 2.05 bits per heavy atom. The summed E-state index contributed by atoms with van der Waals surface area (Å²) in [6.07, 6.45) is 2.16. The van der Waals surface area contributed by atoms with Gasteiger partial charge in [-0.2, -0.15) is 0 Å². The van der Waals surface area contributed by atoms with Crippen LogP contribution in [0, 0.1) is 0 Å². The van der Waals surface area contributed by atoms with Gasteiger partial charge in [0.05, 0.1) is 6.26 Å². The summed E-state index contributed by atoms with van der Waals surface area (Å²) in [5.41, 5.74) is 1.09. The van der Waals surface area contributed by atoms with Crippen LogP contribution in [0.2, 0.25) is 0 Å². The lowest BCUT2D eigenvalue weighted by Crippen LogP contribution is -2.25. The largest absolute Gasteiger partial charge is 0.508 e. The van der Waals surface area contributed by atoms with Gasteiger partial charge in [-0.15, -0.1) is 0 Å². The molecule has 3 rings (SSSR count). The summed E-state index contributed by atoms with van der Waals surface area (Å²) in [4.78, 5) is 11.8. The number of aromatic hydroxyl groups is 1. The van der Waals surface area contributed by atoms with Crippen molar-refractivity contribution in [1.82, 2.24) is 5.32 Å². The van der Waals surface area contributed by atoms with E-state index in [0.717, 1.165) is 16.3 Å². The summed E-state index contributed by atoms with van der Waals surface area (Å²) in [6.45, 7) is 0.508. The molecule has 1 amide bonds. The molecule has 3 aromatic rings. The van der Waals surface area contributed by atoms with Gasteiger partial charge in [-0.3, -0.25) is 4.79 Å². The van der Waals surface area contributed by atoms with Crippen LogP contribution >= 0.6 is 0 Å². The third-order valence-corrected chi connectivity index (χ3v) is 3.38. The Kier molecular flexibility index (Phi) is 3.60. The molecule has 21 heavy (non-hydrogen) atoms. The Hall–Kier alpha value is -2.75. The van der Waals surface area contributed by atoms with Crippen molar-refractivity contribution in [2.24, 2.45) is 0 Å². The maximum atomic E-state index is 11.8. The number of phenolic OH excluding ortho intramolecular Hbond substituents is 1. The van der Waals surface area contributed by atoms with Crippen molar-refractivity contribution in [1.29, 1.82) is 0 Å². The van der Waals surface area contributed by atoms with Gasteiger partial charge in [0.2, 0.25) is 0 Å². The van der Waals surface area contributed by atoms with Crippen LogP contribution in [0.4, 0.5) is 0 Å². The Balaban J connectivity index is 1.71. The molecule has 4 nitrogen and oxygen atoms in total. The Morgan fingerprint density at radius 1 is 1.14 bits per heavy atom. The van der Waals surface area contributed by atoms with Gasteiger partial charge in [0.1, 0.15) is 5.75 Å². The van der Waals surface area contributed by atoms with E-state index < -0.39 is 0 Å². The van der Waals surface area contributed by atoms with E-state index in [1.807, 2.05) is 24.3 Å². The van der Waals surface area contributed by atoms with Gasteiger partial charge in [-0.25, -0.2) is 0 Å². The molecule has 0 aliphatic rings. The predicted molar refractivity (Wildman–Crippen MR) is 80.4 cm³/mol. The molecule has 0 aliphatic carbocycles. The highest BCUT2D eigenvalue weighted by Gasteiger charge is 2.08. The van der Waals surface area contributed by atoms with E-state index in [-0.39, 0.29) is 11.7 Å². The quantitative estimate of drug-likeness (QED) is 0.772. The topological polar surface area (TPSA) is 62.5 Å². The van der Waals surface area contributed by atoms with Gasteiger partial charge >= 0.3 is 0 Å². The number of rotatable bonds is 4. The van der Waals surface area contributed by atoms with E-state index in [1.54, 1.807) is 24.3 Å². The maximum absolute atomic E-state index is 11.8. The number of carbonyl (C=O) groups excluding carboxylic acids is 1. The van der Waals surface area contributed by atoms with Crippen molar-refractivity contribution in [3.63, 3.8) is 0 Å². The van der Waals surface area contributed by atoms with E-state index in [4.69, 9.17) is 4.42 Å². The number of benzene rings is 2. The van der Waals surface area contributed by atoms with Gasteiger partial charge in [0, 0.05) is 6.54 Å². The first-order valence-electron chi connectivity index (χ1n) is 6.76. The van der Waals surface area contributed by atoms with Crippen molar-refractivity contribution >= 4 is 16.7 Å². The number of hydrogen-bond donors (Lipinski definition) is 2. The fourth-order valence-corrected chi connectivity index (χ4v) is 2.35. The van der Waals surface area contributed by atoms with Crippen LogP contribution in [0.1, 0.15) is 16.1 Å². The number of phenols is 1. The molecule has 0 fully saturated rings. The average Bonchev–Trinajstić information content (AvgIpc) is 3.02. The molecule has 1 aromatic heterocycles. The van der Waals surface area contributed by atoms with Gasteiger partial charge in [-0.05, 0) is 47.0 Å². The van der Waals surface area contributed by atoms with Crippen molar-refractivity contribution < 1.29 is 14.3 Å². The lowest BCUT2D eigenvalue weighted by molar-refractivity contribution is 0.0926. The number of carbonyl (C=O) groups is 1. The monoisotopic (exact) mass is 281 g/mol. The summed E-state index contributed by atoms with van der Waals surface area (Å²) in [5, 5.41) is 14.5. The van der Waals surface area contributed by atoms with Gasteiger partial charge in [0.25, 0.3) is 5.91 Å². The summed E-state index contributed by atoms with van der Waals surface area (Å²) < 4.78 is 5.04. The summed E-state index contributed by atoms with van der Waals surface area (Å²) in [6, 6.07) is 14.6. The molecule has 0 saturated heterocycles. The number of amides is 1. The molecule has 0 unspecified atom stereocenters. The fourth-order valence-electron chi connectivity index (χ4n) is 2.35. The van der Waals surface area contributed by atoms with E-state index in [9.17, 15) is 9.90 Å². The fraction of sp³-hybridized carbons (Fsp3) is 0.118. The molecule has 0 aliphatic heterocycles. The molecule has 106 valence electrons. The summed E-state index contributed by atoms with van der Waals surface area (Å²) >= 11 is 0. The minimum Gasteiger partial charge on any atom is -0.508 e. The van der Waals surface area contributed by atoms with E-state index in [0.29, 0.717) is 18.7 Å². The second-order valence-corrected chi connectivity index (χ2v) is 4.81. The molecule has 2 N–H and O–H groups in total. The number of nitrogens with one attached hydrogen (secondary N) is 1. The number of furan rings is 1. The molecule has 4 heteroatoms. The second kappa shape index (κ2) is 5.71. The van der Waals surface area contributed by atoms with Crippen molar-refractivity contribution in [3.8, 4) is 5.75 Å². The lowest BCUT2D eigenvalue weighted by atomic mass is 10.0. The molecule has 2 aromatic carbocycles. The Morgan fingerprint density at radius 3 is 2.86 bits per heavy atom. The zero-order chi connectivity index (χ0) is 14.7. The minimum absolute atomic E-state index is 0.219. The second-order valence-electron chi connectivity index (χ2n) is 4.81. The molecular weight excluding hydrogens is 266 g/mol. The smallest absolute Gasteiger partial charge is 0.286 e. The first-order chi connectivity index (χ1) is 10.2. The standard InChI is InChI=1S/C17H15NO3/c19-14-7-6-12-3-1-4-13(15(12)11-14)8-9-18-17(20)16-5-2-10-21-16/h1-7,10-11,19H,8-9H2,(H,18,20). The van der Waals surface area contributed by atoms with Crippen LogP contribution in [0.25, 0.3) is 10.8 Å². The van der Waals surface area contributed by atoms with E-state index >= 15 is 0 Å². The van der Waals surface area contributed by atoms with Gasteiger partial charge < -0.3 is 14.8 Å². The highest BCUT2D eigenvalue weighted by Crippen LogP contribution is 2.23. The Labute approximate surface area is 122 Å². The average molecular weight is 281 g/mol. The zero-order valence-corrected chi connectivity index (χ0v) is 11.4. The van der Waals surface area contributed by atoms with Crippen molar-refractivity contribution in [2.45, 2.75) is 6.42 Å². The van der Waals surface area contributed by atoms with Gasteiger partial charge in [-0.1, -0.05) is 24.3 Å². The molecule has 0 spiro atoms. The number of fused-ring (bicyclic) bond motifs is 1. The molecule has 1 heterocycles. The summed E-state index contributed by atoms with van der Waals surface area (Å²) in [7, 11) is 0. The number of hydrogen-bond acceptors (Lipinski definition) is 3. The summed E-state index contributed by atoms with van der Waals surface area (Å²) in [5.74, 6) is 0.336. The molecular formula is C17H15NO3. The molecule has 0 atom stereocenters. The van der Waals surface area contributed by atoms with Crippen LogP contribution in [0.3, 0.4) is 0 Å². The lowest BCUT2D eigenvalue weighted by Gasteiger charge is -2.08. The SMILES string of the molecule is O=C(NCCc1cccc2ccc(O)cc12)c1ccco1. The first kappa shape index (κ1) is 13.2. The van der Waals surface area contributed by atoms with Gasteiger partial charge in [0.15, 0.2) is 5.76 Å². The highest BCUT2D eigenvalue weighted by molar-refractivity contribution is 5.91. The van der Waals surface area contributed by atoms with Crippen LogP contribution < -0.4 is 5.32 Å². The van der Waals surface area contributed by atoms with Crippen LogP contribution in [0.5, 0.6) is 5.75 Å². The molecule has 0 saturated carbocycles. The van der Waals surface area contributed by atoms with Crippen LogP contribution in [-0.2, 0) is 6.42 Å². The minimum atomic E-state index is -0.219. The van der Waals surface area contributed by atoms with E-state index in [2.05, 4.69) is 5.32 Å². The third kappa shape index (κ3) is 2.89.